The number of hydrogen-bond acceptors (Lipinski definition) is 5. The Morgan fingerprint density at radius 1 is 1.29 bits per heavy atom. The van der Waals surface area contributed by atoms with Crippen LogP contribution in [0.15, 0.2) is 45.2 Å². The van der Waals surface area contributed by atoms with E-state index in [4.69, 9.17) is 0 Å². The SMILES string of the molecule is CCNCc1ccc(Br)cc1Sc1ncnc2nc[nH]c12. The fourth-order valence-corrected chi connectivity index (χ4v) is 3.48. The van der Waals surface area contributed by atoms with Crippen LogP contribution in [0.3, 0.4) is 0 Å². The summed E-state index contributed by atoms with van der Waals surface area (Å²) in [6.07, 6.45) is 3.19. The van der Waals surface area contributed by atoms with Crippen molar-refractivity contribution >= 4 is 38.9 Å². The van der Waals surface area contributed by atoms with Crippen molar-refractivity contribution in [3.05, 3.63) is 40.9 Å². The Morgan fingerprint density at radius 3 is 3.05 bits per heavy atom. The maximum Gasteiger partial charge on any atom is 0.181 e. The monoisotopic (exact) mass is 363 g/mol. The zero-order valence-electron chi connectivity index (χ0n) is 11.4. The lowest BCUT2D eigenvalue weighted by Crippen LogP contribution is -2.12. The van der Waals surface area contributed by atoms with Crippen molar-refractivity contribution in [2.24, 2.45) is 0 Å². The number of aromatic nitrogens is 4. The molecule has 0 aliphatic rings. The second-order valence-corrected chi connectivity index (χ2v) is 6.36. The van der Waals surface area contributed by atoms with Crippen LogP contribution in [-0.4, -0.2) is 26.5 Å². The molecule has 5 nitrogen and oxygen atoms in total. The summed E-state index contributed by atoms with van der Waals surface area (Å²) >= 11 is 5.15. The van der Waals surface area contributed by atoms with E-state index in [9.17, 15) is 0 Å². The average Bonchev–Trinajstić information content (AvgIpc) is 2.96. The Balaban J connectivity index is 1.96. The topological polar surface area (TPSA) is 66.5 Å². The molecule has 0 bridgehead atoms. The van der Waals surface area contributed by atoms with Gasteiger partial charge in [0.25, 0.3) is 0 Å². The van der Waals surface area contributed by atoms with E-state index in [1.54, 1.807) is 24.4 Å². The van der Waals surface area contributed by atoms with Gasteiger partial charge in [-0.3, -0.25) is 0 Å². The van der Waals surface area contributed by atoms with Gasteiger partial charge < -0.3 is 10.3 Å². The quantitative estimate of drug-likeness (QED) is 0.680. The van der Waals surface area contributed by atoms with Gasteiger partial charge in [-0.15, -0.1) is 0 Å². The predicted molar refractivity (Wildman–Crippen MR) is 87.3 cm³/mol. The number of nitrogens with zero attached hydrogens (tertiary/aromatic N) is 3. The van der Waals surface area contributed by atoms with Crippen LogP contribution in [-0.2, 0) is 6.54 Å². The van der Waals surface area contributed by atoms with Crippen LogP contribution in [0.2, 0.25) is 0 Å². The highest BCUT2D eigenvalue weighted by Crippen LogP contribution is 2.33. The predicted octanol–water partition coefficient (Wildman–Crippen LogP) is 3.38. The smallest absolute Gasteiger partial charge is 0.181 e. The molecule has 0 radical (unpaired) electrons. The molecule has 0 atom stereocenters. The largest absolute Gasteiger partial charge is 0.341 e. The summed E-state index contributed by atoms with van der Waals surface area (Å²) in [4.78, 5) is 17.0. The standard InChI is InChI=1S/C14H14BrN5S/c1-2-16-6-9-3-4-10(15)5-11(9)21-14-12-13(18-7-17-12)19-8-20-14/h3-5,7-8,16H,2,6H2,1H3,(H,17,18,19,20). The Hall–Kier alpha value is -1.44. The maximum atomic E-state index is 4.37. The van der Waals surface area contributed by atoms with Gasteiger partial charge >= 0.3 is 0 Å². The van der Waals surface area contributed by atoms with E-state index in [1.807, 2.05) is 0 Å². The average molecular weight is 364 g/mol. The van der Waals surface area contributed by atoms with Crippen LogP contribution in [0.4, 0.5) is 0 Å². The first-order valence-electron chi connectivity index (χ1n) is 6.59. The number of hydrogen-bond donors (Lipinski definition) is 2. The van der Waals surface area contributed by atoms with Gasteiger partial charge in [0, 0.05) is 15.9 Å². The summed E-state index contributed by atoms with van der Waals surface area (Å²) in [6.45, 7) is 3.88. The number of H-pyrrole nitrogens is 1. The molecular formula is C14H14BrN5S. The molecule has 0 saturated carbocycles. The van der Waals surface area contributed by atoms with Crippen molar-refractivity contribution < 1.29 is 0 Å². The normalized spacial score (nSPS) is 11.1. The van der Waals surface area contributed by atoms with Gasteiger partial charge in [0.05, 0.1) is 6.33 Å². The lowest BCUT2D eigenvalue weighted by atomic mass is 10.2. The van der Waals surface area contributed by atoms with E-state index in [-0.39, 0.29) is 0 Å². The van der Waals surface area contributed by atoms with E-state index >= 15 is 0 Å². The number of benzene rings is 1. The molecule has 3 aromatic rings. The third-order valence-corrected chi connectivity index (χ3v) is 4.59. The van der Waals surface area contributed by atoms with Crippen molar-refractivity contribution in [2.45, 2.75) is 23.4 Å². The van der Waals surface area contributed by atoms with E-state index in [2.05, 4.69) is 66.3 Å². The highest BCUT2D eigenvalue weighted by Gasteiger charge is 2.11. The second-order valence-electron chi connectivity index (χ2n) is 4.41. The van der Waals surface area contributed by atoms with E-state index in [0.29, 0.717) is 5.65 Å². The Bertz CT molecular complexity index is 758. The Labute approximate surface area is 135 Å². The molecule has 2 aromatic heterocycles. The summed E-state index contributed by atoms with van der Waals surface area (Å²) < 4.78 is 1.06. The molecule has 108 valence electrons. The van der Waals surface area contributed by atoms with Crippen LogP contribution >= 0.6 is 27.7 Å². The molecule has 0 aliphatic carbocycles. The summed E-state index contributed by atoms with van der Waals surface area (Å²) in [5, 5.41) is 4.24. The first-order valence-corrected chi connectivity index (χ1v) is 8.20. The molecular weight excluding hydrogens is 350 g/mol. The van der Waals surface area contributed by atoms with Crippen LogP contribution in [0.25, 0.3) is 11.2 Å². The van der Waals surface area contributed by atoms with Gasteiger partial charge in [0.1, 0.15) is 16.9 Å². The summed E-state index contributed by atoms with van der Waals surface area (Å²) in [6, 6.07) is 6.30. The van der Waals surface area contributed by atoms with Crippen LogP contribution < -0.4 is 5.32 Å². The molecule has 0 unspecified atom stereocenters. The maximum absolute atomic E-state index is 4.37. The third-order valence-electron chi connectivity index (χ3n) is 2.99. The van der Waals surface area contributed by atoms with Gasteiger partial charge in [-0.05, 0) is 24.2 Å². The third kappa shape index (κ3) is 3.25. The molecule has 1 aromatic carbocycles. The number of nitrogens with one attached hydrogen (secondary N) is 2. The molecule has 0 amide bonds. The number of imidazole rings is 1. The van der Waals surface area contributed by atoms with Crippen molar-refractivity contribution in [1.82, 2.24) is 25.3 Å². The van der Waals surface area contributed by atoms with Gasteiger partial charge in [-0.25, -0.2) is 15.0 Å². The molecule has 0 spiro atoms. The van der Waals surface area contributed by atoms with E-state index in [1.165, 1.54) is 10.5 Å². The van der Waals surface area contributed by atoms with E-state index in [0.717, 1.165) is 28.1 Å². The summed E-state index contributed by atoms with van der Waals surface area (Å²) in [5.74, 6) is 0. The first-order chi connectivity index (χ1) is 10.3. The number of aromatic amines is 1. The molecule has 2 N–H and O–H groups in total. The molecule has 2 heterocycles. The number of rotatable bonds is 5. The first kappa shape index (κ1) is 14.5. The Morgan fingerprint density at radius 2 is 2.19 bits per heavy atom. The van der Waals surface area contributed by atoms with Crippen molar-refractivity contribution in [3.63, 3.8) is 0 Å². The van der Waals surface area contributed by atoms with Gasteiger partial charge in [0.2, 0.25) is 0 Å². The van der Waals surface area contributed by atoms with Gasteiger partial charge in [0.15, 0.2) is 5.65 Å². The lowest BCUT2D eigenvalue weighted by Gasteiger charge is -2.10. The second kappa shape index (κ2) is 6.55. The minimum Gasteiger partial charge on any atom is -0.341 e. The minimum absolute atomic E-state index is 0.690. The highest BCUT2D eigenvalue weighted by molar-refractivity contribution is 9.10. The molecule has 3 rings (SSSR count). The molecule has 21 heavy (non-hydrogen) atoms. The van der Waals surface area contributed by atoms with Crippen LogP contribution in [0.1, 0.15) is 12.5 Å². The zero-order valence-corrected chi connectivity index (χ0v) is 13.8. The van der Waals surface area contributed by atoms with Crippen molar-refractivity contribution in [3.8, 4) is 0 Å². The molecule has 0 saturated heterocycles. The summed E-state index contributed by atoms with van der Waals surface area (Å²) in [7, 11) is 0. The van der Waals surface area contributed by atoms with Crippen molar-refractivity contribution in [1.29, 1.82) is 0 Å². The number of halogens is 1. The minimum atomic E-state index is 0.690. The lowest BCUT2D eigenvalue weighted by molar-refractivity contribution is 0.717. The molecule has 7 heteroatoms. The van der Waals surface area contributed by atoms with Crippen molar-refractivity contribution in [2.75, 3.05) is 6.54 Å². The van der Waals surface area contributed by atoms with E-state index < -0.39 is 0 Å². The summed E-state index contributed by atoms with van der Waals surface area (Å²) in [5.41, 5.74) is 2.81. The molecule has 0 aliphatic heterocycles. The van der Waals surface area contributed by atoms with Gasteiger partial charge in [-0.1, -0.05) is 40.7 Å². The molecule has 0 fully saturated rings. The zero-order chi connectivity index (χ0) is 14.7. The highest BCUT2D eigenvalue weighted by atomic mass is 79.9. The van der Waals surface area contributed by atoms with Crippen LogP contribution in [0.5, 0.6) is 0 Å². The van der Waals surface area contributed by atoms with Crippen LogP contribution in [0, 0.1) is 0 Å². The Kier molecular flexibility index (Phi) is 4.52. The van der Waals surface area contributed by atoms with Gasteiger partial charge in [-0.2, -0.15) is 0 Å². The fourth-order valence-electron chi connectivity index (χ4n) is 1.95. The fraction of sp³-hybridized carbons (Fsp3) is 0.214. The number of fused-ring (bicyclic) bond motifs is 1.